The van der Waals surface area contributed by atoms with Crippen LogP contribution in [0.5, 0.6) is 0 Å². The number of nitrogens with two attached hydrogens (primary N) is 1. The van der Waals surface area contributed by atoms with Gasteiger partial charge < -0.3 is 11.1 Å². The second-order valence-corrected chi connectivity index (χ2v) is 3.25. The van der Waals surface area contributed by atoms with Gasteiger partial charge in [-0.3, -0.25) is 19.4 Å². The van der Waals surface area contributed by atoms with Crippen LogP contribution < -0.4 is 11.1 Å². The minimum absolute atomic E-state index is 0.0993. The Hall–Kier alpha value is -2.71. The Kier molecular flexibility index (Phi) is 2.57. The molecule has 0 bridgehead atoms. The summed E-state index contributed by atoms with van der Waals surface area (Å²) in [5.41, 5.74) is 5.32. The first-order valence-corrected chi connectivity index (χ1v) is 4.59. The van der Waals surface area contributed by atoms with Crippen molar-refractivity contribution in [3.8, 4) is 0 Å². The number of nitrogens with zero attached hydrogens (tertiary/aromatic N) is 4. The lowest BCUT2D eigenvalue weighted by molar-refractivity contribution is 0.100. The molecule has 9 nitrogen and oxygen atoms in total. The molecule has 0 saturated carbocycles. The maximum atomic E-state index is 11.7. The van der Waals surface area contributed by atoms with Gasteiger partial charge in [-0.1, -0.05) is 5.21 Å². The van der Waals surface area contributed by atoms with Crippen LogP contribution >= 0.6 is 0 Å². The van der Waals surface area contributed by atoms with Gasteiger partial charge >= 0.3 is 0 Å². The van der Waals surface area contributed by atoms with Gasteiger partial charge in [-0.25, -0.2) is 0 Å². The second-order valence-electron chi connectivity index (χ2n) is 3.25. The molecule has 2 amide bonds. The van der Waals surface area contributed by atoms with E-state index in [4.69, 9.17) is 5.73 Å². The number of anilines is 1. The molecule has 0 atom stereocenters. The van der Waals surface area contributed by atoms with Crippen molar-refractivity contribution in [2.24, 2.45) is 12.8 Å². The second kappa shape index (κ2) is 4.04. The summed E-state index contributed by atoms with van der Waals surface area (Å²) in [6.45, 7) is 0. The molecular weight excluding hydrogens is 226 g/mol. The Morgan fingerprint density at radius 3 is 2.88 bits per heavy atom. The first kappa shape index (κ1) is 10.8. The van der Waals surface area contributed by atoms with E-state index in [1.807, 2.05) is 0 Å². The van der Waals surface area contributed by atoms with E-state index in [0.29, 0.717) is 0 Å². The number of primary amides is 1. The summed E-state index contributed by atoms with van der Waals surface area (Å²) < 4.78 is 1.39. The predicted octanol–water partition coefficient (Wildman–Crippen LogP) is -1.11. The predicted molar refractivity (Wildman–Crippen MR) is 56.1 cm³/mol. The molecule has 4 N–H and O–H groups in total. The van der Waals surface area contributed by atoms with E-state index in [2.05, 4.69) is 25.8 Å². The largest absolute Gasteiger partial charge is 0.365 e. The zero-order chi connectivity index (χ0) is 12.4. The van der Waals surface area contributed by atoms with E-state index in [9.17, 15) is 9.59 Å². The van der Waals surface area contributed by atoms with Crippen molar-refractivity contribution in [1.82, 2.24) is 25.2 Å². The summed E-state index contributed by atoms with van der Waals surface area (Å²) in [5.74, 6) is -1.06. The number of hydrogen-bond acceptors (Lipinski definition) is 5. The molecule has 0 spiro atoms. The number of amides is 2. The molecule has 0 aliphatic heterocycles. The van der Waals surface area contributed by atoms with E-state index in [-0.39, 0.29) is 17.1 Å². The van der Waals surface area contributed by atoms with Crippen molar-refractivity contribution in [2.75, 3.05) is 5.32 Å². The zero-order valence-electron chi connectivity index (χ0n) is 8.84. The molecule has 0 aliphatic carbocycles. The fourth-order valence-corrected chi connectivity index (χ4v) is 1.20. The molecule has 0 unspecified atom stereocenters. The maximum absolute atomic E-state index is 11.7. The van der Waals surface area contributed by atoms with E-state index in [0.717, 1.165) is 0 Å². The average Bonchev–Trinajstić information content (AvgIpc) is 2.86. The van der Waals surface area contributed by atoms with Crippen molar-refractivity contribution in [3.63, 3.8) is 0 Å². The van der Waals surface area contributed by atoms with Crippen LogP contribution in [0, 0.1) is 0 Å². The minimum Gasteiger partial charge on any atom is -0.365 e. The minimum atomic E-state index is -0.687. The van der Waals surface area contributed by atoms with Crippen LogP contribution in [-0.4, -0.2) is 37.0 Å². The van der Waals surface area contributed by atoms with Gasteiger partial charge in [0, 0.05) is 7.05 Å². The monoisotopic (exact) mass is 235 g/mol. The van der Waals surface area contributed by atoms with Gasteiger partial charge in [0.1, 0.15) is 11.4 Å². The molecule has 2 rings (SSSR count). The van der Waals surface area contributed by atoms with Gasteiger partial charge in [-0.05, 0) is 0 Å². The highest BCUT2D eigenvalue weighted by molar-refractivity contribution is 6.06. The quantitative estimate of drug-likeness (QED) is 0.620. The molecule has 88 valence electrons. The molecular formula is C8H9N7O2. The molecule has 0 fully saturated rings. The fraction of sp³-hybridized carbons (Fsp3) is 0.125. The molecule has 0 aromatic carbocycles. The topological polar surface area (TPSA) is 132 Å². The number of aromatic nitrogens is 5. The van der Waals surface area contributed by atoms with Gasteiger partial charge in [0.2, 0.25) is 0 Å². The number of carbonyl (C=O) groups is 2. The van der Waals surface area contributed by atoms with Crippen LogP contribution in [-0.2, 0) is 7.05 Å². The maximum Gasteiger partial charge on any atom is 0.279 e. The third-order valence-corrected chi connectivity index (χ3v) is 1.98. The lowest BCUT2D eigenvalue weighted by atomic mass is 10.3. The summed E-state index contributed by atoms with van der Waals surface area (Å²) in [5, 5.41) is 15.7. The molecule has 0 saturated heterocycles. The summed E-state index contributed by atoms with van der Waals surface area (Å²) in [4.78, 5) is 22.7. The van der Waals surface area contributed by atoms with Gasteiger partial charge in [0.15, 0.2) is 5.69 Å². The molecule has 0 aliphatic rings. The van der Waals surface area contributed by atoms with Crippen LogP contribution in [0.1, 0.15) is 20.8 Å². The van der Waals surface area contributed by atoms with E-state index < -0.39 is 11.8 Å². The lowest BCUT2D eigenvalue weighted by Gasteiger charge is -2.00. The van der Waals surface area contributed by atoms with Crippen molar-refractivity contribution in [1.29, 1.82) is 0 Å². The summed E-state index contributed by atoms with van der Waals surface area (Å²) in [6, 6.07) is 0. The van der Waals surface area contributed by atoms with Crippen molar-refractivity contribution >= 4 is 17.6 Å². The fourth-order valence-electron chi connectivity index (χ4n) is 1.20. The summed E-state index contributed by atoms with van der Waals surface area (Å²) >= 11 is 0. The van der Waals surface area contributed by atoms with Crippen LogP contribution in [0.3, 0.4) is 0 Å². The highest BCUT2D eigenvalue weighted by Gasteiger charge is 2.16. The van der Waals surface area contributed by atoms with Gasteiger partial charge in [-0.15, -0.1) is 5.10 Å². The van der Waals surface area contributed by atoms with E-state index in [1.54, 1.807) is 7.05 Å². The van der Waals surface area contributed by atoms with E-state index in [1.165, 1.54) is 17.1 Å². The number of rotatable bonds is 3. The van der Waals surface area contributed by atoms with Crippen LogP contribution in [0.2, 0.25) is 0 Å². The number of nitrogens with one attached hydrogen (secondary N) is 2. The molecule has 2 aromatic rings. The highest BCUT2D eigenvalue weighted by Crippen LogP contribution is 2.10. The van der Waals surface area contributed by atoms with Gasteiger partial charge in [-0.2, -0.15) is 5.10 Å². The Balaban J connectivity index is 2.18. The number of H-pyrrole nitrogens is 1. The van der Waals surface area contributed by atoms with Crippen molar-refractivity contribution in [2.45, 2.75) is 0 Å². The Morgan fingerprint density at radius 1 is 1.53 bits per heavy atom. The number of carbonyl (C=O) groups excluding carboxylic acids is 2. The Labute approximate surface area is 95.0 Å². The molecule has 0 radical (unpaired) electrons. The number of aromatic amines is 1. The van der Waals surface area contributed by atoms with Crippen LogP contribution in [0.25, 0.3) is 0 Å². The zero-order valence-corrected chi connectivity index (χ0v) is 8.84. The molecule has 17 heavy (non-hydrogen) atoms. The van der Waals surface area contributed by atoms with Crippen LogP contribution in [0.15, 0.2) is 12.4 Å². The van der Waals surface area contributed by atoms with Crippen LogP contribution in [0.4, 0.5) is 5.82 Å². The number of hydrogen-bond donors (Lipinski definition) is 3. The standard InChI is InChI=1S/C8H9N7O2/c1-15-3-5(12-14-15)8(17)11-7-4(6(9)16)2-10-13-7/h2-3H,1H3,(H2,9,16)(H2,10,11,13,17). The van der Waals surface area contributed by atoms with E-state index >= 15 is 0 Å². The molecule has 2 heterocycles. The molecule has 9 heteroatoms. The first-order chi connectivity index (χ1) is 8.08. The normalized spacial score (nSPS) is 10.2. The summed E-state index contributed by atoms with van der Waals surface area (Å²) in [7, 11) is 1.63. The Bertz CT molecular complexity index is 570. The summed E-state index contributed by atoms with van der Waals surface area (Å²) in [6.07, 6.45) is 2.67. The van der Waals surface area contributed by atoms with Gasteiger partial charge in [0.25, 0.3) is 11.8 Å². The van der Waals surface area contributed by atoms with Gasteiger partial charge in [0.05, 0.1) is 12.4 Å². The third kappa shape index (κ3) is 2.12. The highest BCUT2D eigenvalue weighted by atomic mass is 16.2. The smallest absolute Gasteiger partial charge is 0.279 e. The number of aryl methyl sites for hydroxylation is 1. The SMILES string of the molecule is Cn1cc(C(=O)Nc2[nH]ncc2C(N)=O)nn1. The lowest BCUT2D eigenvalue weighted by Crippen LogP contribution is -2.17. The molecule has 2 aromatic heterocycles. The Morgan fingerprint density at radius 2 is 2.29 bits per heavy atom. The average molecular weight is 235 g/mol. The third-order valence-electron chi connectivity index (χ3n) is 1.98. The van der Waals surface area contributed by atoms with Crippen molar-refractivity contribution in [3.05, 3.63) is 23.7 Å². The van der Waals surface area contributed by atoms with Crippen molar-refractivity contribution < 1.29 is 9.59 Å². The first-order valence-electron chi connectivity index (χ1n) is 4.59.